The lowest BCUT2D eigenvalue weighted by Crippen LogP contribution is -2.52. The van der Waals surface area contributed by atoms with Crippen molar-refractivity contribution in [1.82, 2.24) is 25.8 Å². The Labute approximate surface area is 185 Å². The molecule has 0 spiro atoms. The van der Waals surface area contributed by atoms with Gasteiger partial charge in [-0.3, -0.25) is 10.6 Å². The number of carbonyl (C=O) groups excluding carboxylic acids is 1. The predicted octanol–water partition coefficient (Wildman–Crippen LogP) is 2.74. The summed E-state index contributed by atoms with van der Waals surface area (Å²) in [5.74, 6) is 1.15. The molecule has 5 N–H and O–H groups in total. The maximum Gasteiger partial charge on any atom is 0.321 e. The maximum absolute atomic E-state index is 13.4. The van der Waals surface area contributed by atoms with E-state index < -0.39 is 24.0 Å². The minimum absolute atomic E-state index is 0.0953. The fraction of sp³-hybridized carbons (Fsp3) is 0.455. The summed E-state index contributed by atoms with van der Waals surface area (Å²) in [6.07, 6.45) is 7.25. The zero-order chi connectivity index (χ0) is 23.5. The highest BCUT2D eigenvalue weighted by atomic mass is 19.3. The number of nitrogens with zero attached hydrogens (tertiary/aromatic N) is 2. The Balaban J connectivity index is 1.79. The van der Waals surface area contributed by atoms with E-state index in [4.69, 9.17) is 10.6 Å². The summed E-state index contributed by atoms with van der Waals surface area (Å²) < 4.78 is 34.8. The normalized spacial score (nSPS) is 18.2. The first kappa shape index (κ1) is 23.7. The van der Waals surface area contributed by atoms with E-state index in [1.165, 1.54) is 0 Å². The van der Waals surface area contributed by atoms with Crippen LogP contribution in [0.2, 0.25) is 0 Å². The van der Waals surface area contributed by atoms with E-state index in [0.29, 0.717) is 19.1 Å². The molecular formula is C22H30F2N6O2. The first-order chi connectivity index (χ1) is 15.1. The quantitative estimate of drug-likeness (QED) is 0.347. The van der Waals surface area contributed by atoms with Crippen molar-refractivity contribution in [3.63, 3.8) is 0 Å². The van der Waals surface area contributed by atoms with Crippen LogP contribution in [0.15, 0.2) is 42.7 Å². The van der Waals surface area contributed by atoms with Crippen LogP contribution >= 0.6 is 0 Å². The van der Waals surface area contributed by atoms with Crippen molar-refractivity contribution < 1.29 is 18.3 Å². The Morgan fingerprint density at radius 2 is 2.16 bits per heavy atom. The third-order valence-corrected chi connectivity index (χ3v) is 5.34. The molecule has 8 nitrogen and oxygen atoms in total. The van der Waals surface area contributed by atoms with Gasteiger partial charge in [0, 0.05) is 18.5 Å². The molecule has 0 aliphatic carbocycles. The number of fused-ring (bicyclic) bond motifs is 1. The zero-order valence-electron chi connectivity index (χ0n) is 18.6. The van der Waals surface area contributed by atoms with Crippen LogP contribution in [0.4, 0.5) is 8.78 Å². The molecule has 1 amide bonds. The largest absolute Gasteiger partial charge is 0.488 e. The van der Waals surface area contributed by atoms with E-state index in [9.17, 15) is 13.6 Å². The number of hydrazine groups is 1. The van der Waals surface area contributed by atoms with Gasteiger partial charge in [-0.1, -0.05) is 20.8 Å². The molecular weight excluding hydrogens is 418 g/mol. The van der Waals surface area contributed by atoms with Crippen LogP contribution < -0.4 is 26.6 Å². The number of aromatic nitrogens is 2. The fourth-order valence-corrected chi connectivity index (χ4v) is 3.55. The number of rotatable bonds is 9. The topological polar surface area (TPSA) is 106 Å². The summed E-state index contributed by atoms with van der Waals surface area (Å²) in [6, 6.07) is 4.97. The SMILES string of the molecule is CC[C@@H](Oc1ccc2c(cnn2C2=CNC(NN)C=C2)c1)[C@@H](NC(=O)C(C)(F)F)C(C)C. The van der Waals surface area contributed by atoms with Crippen LogP contribution in [0, 0.1) is 5.92 Å². The lowest BCUT2D eigenvalue weighted by atomic mass is 9.96. The molecule has 2 heterocycles. The minimum Gasteiger partial charge on any atom is -0.488 e. The van der Waals surface area contributed by atoms with Gasteiger partial charge in [0.05, 0.1) is 23.5 Å². The van der Waals surface area contributed by atoms with Crippen molar-refractivity contribution in [3.8, 4) is 5.75 Å². The van der Waals surface area contributed by atoms with E-state index in [2.05, 4.69) is 21.2 Å². The molecule has 0 bridgehead atoms. The molecule has 174 valence electrons. The van der Waals surface area contributed by atoms with Crippen LogP contribution in [0.3, 0.4) is 0 Å². The monoisotopic (exact) mass is 448 g/mol. The average Bonchev–Trinajstić information content (AvgIpc) is 3.18. The Morgan fingerprint density at radius 1 is 1.41 bits per heavy atom. The van der Waals surface area contributed by atoms with Gasteiger partial charge in [0.15, 0.2) is 0 Å². The van der Waals surface area contributed by atoms with Gasteiger partial charge >= 0.3 is 5.92 Å². The molecule has 2 aromatic rings. The Bertz CT molecular complexity index is 1010. The third kappa shape index (κ3) is 5.25. The molecule has 3 rings (SSSR count). The van der Waals surface area contributed by atoms with Crippen molar-refractivity contribution >= 4 is 22.5 Å². The van der Waals surface area contributed by atoms with Crippen LogP contribution in [-0.4, -0.2) is 39.9 Å². The number of benzene rings is 1. The third-order valence-electron chi connectivity index (χ3n) is 5.34. The van der Waals surface area contributed by atoms with Crippen molar-refractivity contribution in [1.29, 1.82) is 0 Å². The van der Waals surface area contributed by atoms with Gasteiger partial charge in [0.1, 0.15) is 18.0 Å². The highest BCUT2D eigenvalue weighted by Gasteiger charge is 2.36. The zero-order valence-corrected chi connectivity index (χ0v) is 18.6. The molecule has 1 aliphatic rings. The van der Waals surface area contributed by atoms with E-state index >= 15 is 0 Å². The number of dihydropyridines is 1. The number of hydrogen-bond donors (Lipinski definition) is 4. The van der Waals surface area contributed by atoms with Crippen molar-refractivity contribution in [2.24, 2.45) is 11.8 Å². The summed E-state index contributed by atoms with van der Waals surface area (Å²) in [5, 5.41) is 10.9. The van der Waals surface area contributed by atoms with Crippen LogP contribution in [0.25, 0.3) is 16.6 Å². The van der Waals surface area contributed by atoms with Gasteiger partial charge in [0.25, 0.3) is 5.91 Å². The smallest absolute Gasteiger partial charge is 0.321 e. The Hall–Kier alpha value is -2.98. The summed E-state index contributed by atoms with van der Waals surface area (Å²) in [7, 11) is 0. The van der Waals surface area contributed by atoms with Gasteiger partial charge in [-0.2, -0.15) is 13.9 Å². The summed E-state index contributed by atoms with van der Waals surface area (Å²) >= 11 is 0. The molecule has 0 radical (unpaired) electrons. The number of alkyl halides is 2. The van der Waals surface area contributed by atoms with Crippen LogP contribution in [-0.2, 0) is 4.79 Å². The number of carbonyl (C=O) groups is 1. The number of ether oxygens (including phenoxy) is 1. The highest BCUT2D eigenvalue weighted by Crippen LogP contribution is 2.26. The Morgan fingerprint density at radius 3 is 2.72 bits per heavy atom. The lowest BCUT2D eigenvalue weighted by molar-refractivity contribution is -0.145. The summed E-state index contributed by atoms with van der Waals surface area (Å²) in [5.41, 5.74) is 4.34. The number of halogens is 2. The second-order valence-corrected chi connectivity index (χ2v) is 8.21. The van der Waals surface area contributed by atoms with E-state index in [-0.39, 0.29) is 12.1 Å². The molecule has 1 aromatic heterocycles. The standard InChI is InChI=1S/C22H30F2N6O2/c1-5-18(20(13(2)3)28-21(31)22(4,23)24)32-16-7-8-17-14(10-16)11-27-30(17)15-6-9-19(29-25)26-12-15/h6-13,18-20,26,29H,5,25H2,1-4H3,(H,28,31)/t18-,19?,20+/m1/s1. The maximum atomic E-state index is 13.4. The van der Waals surface area contributed by atoms with Crippen LogP contribution in [0.5, 0.6) is 5.75 Å². The van der Waals surface area contributed by atoms with Crippen molar-refractivity contribution in [3.05, 3.63) is 42.7 Å². The van der Waals surface area contributed by atoms with Gasteiger partial charge < -0.3 is 15.4 Å². The molecule has 3 atom stereocenters. The van der Waals surface area contributed by atoms with Gasteiger partial charge in [-0.05, 0) is 42.7 Å². The number of nitrogens with one attached hydrogen (secondary N) is 3. The van der Waals surface area contributed by atoms with Crippen LogP contribution in [0.1, 0.15) is 34.1 Å². The second kappa shape index (κ2) is 9.66. The highest BCUT2D eigenvalue weighted by molar-refractivity contribution is 5.84. The van der Waals surface area contributed by atoms with Gasteiger partial charge in [0.2, 0.25) is 0 Å². The Kier molecular flexibility index (Phi) is 7.15. The number of hydrogen-bond acceptors (Lipinski definition) is 6. The molecule has 10 heteroatoms. The first-order valence-electron chi connectivity index (χ1n) is 10.6. The molecule has 32 heavy (non-hydrogen) atoms. The minimum atomic E-state index is -3.45. The first-order valence-corrected chi connectivity index (χ1v) is 10.6. The predicted molar refractivity (Wildman–Crippen MR) is 119 cm³/mol. The van der Waals surface area contributed by atoms with Crippen molar-refractivity contribution in [2.45, 2.75) is 58.3 Å². The molecule has 0 saturated heterocycles. The molecule has 0 saturated carbocycles. The van der Waals surface area contributed by atoms with E-state index in [0.717, 1.165) is 16.6 Å². The molecule has 0 fully saturated rings. The average molecular weight is 449 g/mol. The van der Waals surface area contributed by atoms with Gasteiger partial charge in [-0.15, -0.1) is 0 Å². The van der Waals surface area contributed by atoms with E-state index in [1.807, 2.05) is 57.3 Å². The van der Waals surface area contributed by atoms with Crippen molar-refractivity contribution in [2.75, 3.05) is 0 Å². The summed E-state index contributed by atoms with van der Waals surface area (Å²) in [6.45, 7) is 6.21. The van der Waals surface area contributed by atoms with Gasteiger partial charge in [-0.25, -0.2) is 10.1 Å². The number of allylic oxidation sites excluding steroid dienone is 2. The fourth-order valence-electron chi connectivity index (χ4n) is 3.55. The number of nitrogens with two attached hydrogens (primary N) is 1. The lowest BCUT2D eigenvalue weighted by Gasteiger charge is -2.31. The number of amides is 1. The summed E-state index contributed by atoms with van der Waals surface area (Å²) in [4.78, 5) is 11.9. The molecule has 1 aliphatic heterocycles. The molecule has 1 aromatic carbocycles. The second-order valence-electron chi connectivity index (χ2n) is 8.21. The van der Waals surface area contributed by atoms with E-state index in [1.54, 1.807) is 10.9 Å². The molecule has 1 unspecified atom stereocenters.